The smallest absolute Gasteiger partial charge is 0.326 e. The maximum Gasteiger partial charge on any atom is 0.326 e. The molecule has 14 nitrogen and oxygen atoms in total. The van der Waals surface area contributed by atoms with Gasteiger partial charge in [0.1, 0.15) is 18.1 Å². The molecule has 0 aromatic carbocycles. The van der Waals surface area contributed by atoms with Gasteiger partial charge in [-0.3, -0.25) is 24.2 Å². The predicted molar refractivity (Wildman–Crippen MR) is 128 cm³/mol. The fraction of sp³-hybridized carbons (Fsp3) is 0.714. The first-order valence-electron chi connectivity index (χ1n) is 11.3. The van der Waals surface area contributed by atoms with Gasteiger partial charge in [0.2, 0.25) is 17.7 Å². The van der Waals surface area contributed by atoms with E-state index in [-0.39, 0.29) is 24.8 Å². The lowest BCUT2D eigenvalue weighted by molar-refractivity contribution is -0.147. The number of rotatable bonds is 16. The van der Waals surface area contributed by atoms with Crippen LogP contribution in [0.4, 0.5) is 0 Å². The Morgan fingerprint density at radius 3 is 1.89 bits per heavy atom. The largest absolute Gasteiger partial charge is 0.481 e. The molecule has 0 bridgehead atoms. The molecule has 14 heteroatoms. The molecule has 0 aromatic heterocycles. The van der Waals surface area contributed by atoms with Crippen molar-refractivity contribution < 1.29 is 34.2 Å². The van der Waals surface area contributed by atoms with Gasteiger partial charge in [0.15, 0.2) is 5.96 Å². The fourth-order valence-electron chi connectivity index (χ4n) is 3.09. The number of hydrogen-bond donors (Lipinski definition) is 8. The molecule has 3 amide bonds. The van der Waals surface area contributed by atoms with Gasteiger partial charge in [0.05, 0.1) is 12.5 Å². The zero-order chi connectivity index (χ0) is 27.3. The molecule has 0 aliphatic heterocycles. The number of aliphatic imine (C=N–C) groups is 1. The van der Waals surface area contributed by atoms with Crippen molar-refractivity contribution >= 4 is 35.6 Å². The third kappa shape index (κ3) is 13.2. The van der Waals surface area contributed by atoms with Gasteiger partial charge in [0.25, 0.3) is 0 Å². The first-order valence-corrected chi connectivity index (χ1v) is 11.3. The van der Waals surface area contributed by atoms with Crippen molar-refractivity contribution in [1.29, 1.82) is 0 Å². The molecule has 0 rings (SSSR count). The van der Waals surface area contributed by atoms with Gasteiger partial charge in [-0.05, 0) is 31.1 Å². The van der Waals surface area contributed by atoms with E-state index in [1.807, 2.05) is 13.8 Å². The maximum atomic E-state index is 13.0. The monoisotopic (exact) mass is 501 g/mol. The van der Waals surface area contributed by atoms with Gasteiger partial charge in [-0.1, -0.05) is 27.7 Å². The number of carbonyl (C=O) groups excluding carboxylic acids is 3. The number of carboxylic acids is 2. The van der Waals surface area contributed by atoms with Crippen LogP contribution in [0.25, 0.3) is 0 Å². The Morgan fingerprint density at radius 1 is 0.857 bits per heavy atom. The van der Waals surface area contributed by atoms with Gasteiger partial charge >= 0.3 is 11.9 Å². The molecule has 200 valence electrons. The SMILES string of the molecule is CC(C)CC(N)C(=O)NC(CCCN=C(N)N)C(=O)NC(C(=O)NC(CC(=O)O)C(=O)O)C(C)C. The summed E-state index contributed by atoms with van der Waals surface area (Å²) in [5, 5.41) is 25.3. The summed E-state index contributed by atoms with van der Waals surface area (Å²) in [5.74, 6) is -5.52. The van der Waals surface area contributed by atoms with Crippen LogP contribution in [0.5, 0.6) is 0 Å². The second kappa shape index (κ2) is 15.5. The Hall–Kier alpha value is -3.42. The van der Waals surface area contributed by atoms with E-state index in [2.05, 4.69) is 20.9 Å². The van der Waals surface area contributed by atoms with Crippen molar-refractivity contribution in [3.63, 3.8) is 0 Å². The number of hydrogen-bond acceptors (Lipinski definition) is 7. The van der Waals surface area contributed by atoms with Gasteiger partial charge in [-0.25, -0.2) is 4.79 Å². The summed E-state index contributed by atoms with van der Waals surface area (Å²) < 4.78 is 0. The third-order valence-electron chi connectivity index (χ3n) is 4.88. The van der Waals surface area contributed by atoms with E-state index in [1.54, 1.807) is 13.8 Å². The molecular weight excluding hydrogens is 462 g/mol. The summed E-state index contributed by atoms with van der Waals surface area (Å²) >= 11 is 0. The minimum absolute atomic E-state index is 0.125. The zero-order valence-electron chi connectivity index (χ0n) is 20.6. The van der Waals surface area contributed by atoms with E-state index in [4.69, 9.17) is 22.3 Å². The fourth-order valence-corrected chi connectivity index (χ4v) is 3.09. The van der Waals surface area contributed by atoms with Crippen LogP contribution in [-0.2, 0) is 24.0 Å². The highest BCUT2D eigenvalue weighted by Gasteiger charge is 2.32. The van der Waals surface area contributed by atoms with Crippen LogP contribution in [0.1, 0.15) is 53.4 Å². The Labute approximate surface area is 204 Å². The quantitative estimate of drug-likeness (QED) is 0.0661. The van der Waals surface area contributed by atoms with E-state index in [0.717, 1.165) is 0 Å². The number of nitrogens with zero attached hydrogens (tertiary/aromatic N) is 1. The van der Waals surface area contributed by atoms with Crippen LogP contribution in [0.2, 0.25) is 0 Å². The molecule has 11 N–H and O–H groups in total. The highest BCUT2D eigenvalue weighted by molar-refractivity contribution is 5.94. The number of carbonyl (C=O) groups is 5. The van der Waals surface area contributed by atoms with Crippen molar-refractivity contribution in [2.45, 2.75) is 77.5 Å². The van der Waals surface area contributed by atoms with Gasteiger partial charge in [-0.2, -0.15) is 0 Å². The maximum absolute atomic E-state index is 13.0. The Bertz CT molecular complexity index is 782. The van der Waals surface area contributed by atoms with Crippen LogP contribution in [-0.4, -0.2) is 76.5 Å². The minimum atomic E-state index is -1.68. The normalized spacial score (nSPS) is 14.4. The van der Waals surface area contributed by atoms with Crippen LogP contribution < -0.4 is 33.2 Å². The van der Waals surface area contributed by atoms with Crippen LogP contribution in [0.3, 0.4) is 0 Å². The highest BCUT2D eigenvalue weighted by Crippen LogP contribution is 2.08. The molecule has 0 aliphatic carbocycles. The molecule has 0 heterocycles. The summed E-state index contributed by atoms with van der Waals surface area (Å²) in [6, 6.07) is -4.79. The van der Waals surface area contributed by atoms with Gasteiger partial charge in [0, 0.05) is 6.54 Å². The molecule has 0 aliphatic rings. The Balaban J connectivity index is 5.55. The van der Waals surface area contributed by atoms with Crippen molar-refractivity contribution in [2.75, 3.05) is 6.54 Å². The molecule has 0 radical (unpaired) electrons. The van der Waals surface area contributed by atoms with Gasteiger partial charge < -0.3 is 43.4 Å². The number of nitrogens with two attached hydrogens (primary N) is 3. The summed E-state index contributed by atoms with van der Waals surface area (Å²) in [6.45, 7) is 7.22. The van der Waals surface area contributed by atoms with E-state index in [1.165, 1.54) is 0 Å². The lowest BCUT2D eigenvalue weighted by atomic mass is 10.0. The highest BCUT2D eigenvalue weighted by atomic mass is 16.4. The molecule has 35 heavy (non-hydrogen) atoms. The predicted octanol–water partition coefficient (Wildman–Crippen LogP) is -1.92. The zero-order valence-corrected chi connectivity index (χ0v) is 20.6. The lowest BCUT2D eigenvalue weighted by Gasteiger charge is -2.27. The summed E-state index contributed by atoms with van der Waals surface area (Å²) in [7, 11) is 0. The van der Waals surface area contributed by atoms with Crippen molar-refractivity contribution in [3.05, 3.63) is 0 Å². The number of aliphatic carboxylic acids is 2. The number of carboxylic acid groups (broad SMARTS) is 2. The molecule has 4 atom stereocenters. The standard InChI is InChI=1S/C21H39N7O7/c1-10(2)8-12(22)17(31)26-13(6-5-7-25-21(23)24)18(32)28-16(11(3)4)19(33)27-14(20(34)35)9-15(29)30/h10-14,16H,5-9,22H2,1-4H3,(H,26,31)(H,27,33)(H,28,32)(H,29,30)(H,34,35)(H4,23,24,25). The minimum Gasteiger partial charge on any atom is -0.481 e. The van der Waals surface area contributed by atoms with Crippen molar-refractivity contribution in [1.82, 2.24) is 16.0 Å². The van der Waals surface area contributed by atoms with Crippen molar-refractivity contribution in [2.24, 2.45) is 34.0 Å². The van der Waals surface area contributed by atoms with Crippen LogP contribution in [0, 0.1) is 11.8 Å². The molecule has 4 unspecified atom stereocenters. The topological polar surface area (TPSA) is 252 Å². The molecule has 0 saturated carbocycles. The summed E-state index contributed by atoms with van der Waals surface area (Å²) in [5.41, 5.74) is 16.5. The summed E-state index contributed by atoms with van der Waals surface area (Å²) in [6.07, 6.45) is 0.0161. The van der Waals surface area contributed by atoms with Crippen LogP contribution >= 0.6 is 0 Å². The molecule has 0 spiro atoms. The Kier molecular flexibility index (Phi) is 14.0. The lowest BCUT2D eigenvalue weighted by Crippen LogP contribution is -2.58. The van der Waals surface area contributed by atoms with Crippen LogP contribution in [0.15, 0.2) is 4.99 Å². The average Bonchev–Trinajstić information content (AvgIpc) is 2.71. The second-order valence-electron chi connectivity index (χ2n) is 8.97. The molecular formula is C21H39N7O7. The summed E-state index contributed by atoms with van der Waals surface area (Å²) in [4.78, 5) is 64.3. The average molecular weight is 502 g/mol. The number of amides is 3. The first kappa shape index (κ1) is 31.6. The number of nitrogens with one attached hydrogen (secondary N) is 3. The molecule has 0 fully saturated rings. The van der Waals surface area contributed by atoms with E-state index >= 15 is 0 Å². The van der Waals surface area contributed by atoms with Gasteiger partial charge in [-0.15, -0.1) is 0 Å². The van der Waals surface area contributed by atoms with E-state index < -0.39 is 66.2 Å². The second-order valence-corrected chi connectivity index (χ2v) is 8.97. The van der Waals surface area contributed by atoms with E-state index in [0.29, 0.717) is 12.8 Å². The van der Waals surface area contributed by atoms with Crippen molar-refractivity contribution in [3.8, 4) is 0 Å². The molecule has 0 aromatic rings. The number of guanidine groups is 1. The third-order valence-corrected chi connectivity index (χ3v) is 4.88. The first-order chi connectivity index (χ1) is 16.1. The van der Waals surface area contributed by atoms with E-state index in [9.17, 15) is 29.1 Å². The molecule has 0 saturated heterocycles. The Morgan fingerprint density at radius 2 is 1.43 bits per heavy atom.